The summed E-state index contributed by atoms with van der Waals surface area (Å²) in [6.45, 7) is 0. The normalized spacial score (nSPS) is 8.71. The van der Waals surface area contributed by atoms with Crippen molar-refractivity contribution in [3.05, 3.63) is 48.5 Å². The van der Waals surface area contributed by atoms with Crippen LogP contribution in [0.15, 0.2) is 48.5 Å². The van der Waals surface area contributed by atoms with Crippen molar-refractivity contribution >= 4 is 47.6 Å². The molecule has 5 N–H and O–H groups in total. The van der Waals surface area contributed by atoms with E-state index in [0.717, 1.165) is 11.4 Å². The number of rotatable bonds is 2. The predicted octanol–water partition coefficient (Wildman–Crippen LogP) is 3.44. The third-order valence-corrected chi connectivity index (χ3v) is 2.19. The second-order valence-corrected chi connectivity index (χ2v) is 3.30. The Balaban J connectivity index is 0.00000128. The van der Waals surface area contributed by atoms with Gasteiger partial charge < -0.3 is 16.8 Å². The zero-order chi connectivity index (χ0) is 10.7. The third-order valence-electron chi connectivity index (χ3n) is 2.19. The molecule has 0 fully saturated rings. The summed E-state index contributed by atoms with van der Waals surface area (Å²) >= 11 is 0. The first-order valence-corrected chi connectivity index (χ1v) is 4.73. The van der Waals surface area contributed by atoms with Gasteiger partial charge >= 0.3 is 0 Å². The number of halogens is 2. The lowest BCUT2D eigenvalue weighted by molar-refractivity contribution is 1.54. The van der Waals surface area contributed by atoms with Gasteiger partial charge in [0.25, 0.3) is 0 Å². The van der Waals surface area contributed by atoms with Crippen molar-refractivity contribution in [1.82, 2.24) is 0 Å². The number of hydrogen-bond acceptors (Lipinski definition) is 3. The van der Waals surface area contributed by atoms with Crippen LogP contribution < -0.4 is 16.8 Å². The maximum atomic E-state index is 5.84. The number of hydrogen-bond donors (Lipinski definition) is 3. The Hall–Kier alpha value is -1.58. The summed E-state index contributed by atoms with van der Waals surface area (Å²) in [6.07, 6.45) is 0. The molecule has 0 radical (unpaired) electrons. The first-order valence-electron chi connectivity index (χ1n) is 4.73. The molecular formula is C12H15Cl2N3. The van der Waals surface area contributed by atoms with Gasteiger partial charge in [-0.2, -0.15) is 0 Å². The van der Waals surface area contributed by atoms with E-state index in [-0.39, 0.29) is 24.8 Å². The highest BCUT2D eigenvalue weighted by molar-refractivity contribution is 5.85. The van der Waals surface area contributed by atoms with Gasteiger partial charge in [-0.3, -0.25) is 0 Å². The van der Waals surface area contributed by atoms with Crippen molar-refractivity contribution < 1.29 is 0 Å². The Morgan fingerprint density at radius 3 is 2.06 bits per heavy atom. The average molecular weight is 272 g/mol. The van der Waals surface area contributed by atoms with Crippen LogP contribution in [0, 0.1) is 0 Å². The molecule has 0 aliphatic carbocycles. The van der Waals surface area contributed by atoms with E-state index < -0.39 is 0 Å². The van der Waals surface area contributed by atoms with Gasteiger partial charge in [-0.15, -0.1) is 24.8 Å². The van der Waals surface area contributed by atoms with E-state index >= 15 is 0 Å². The summed E-state index contributed by atoms with van der Waals surface area (Å²) in [4.78, 5) is 0. The monoisotopic (exact) mass is 271 g/mol. The predicted molar refractivity (Wildman–Crippen MR) is 79.5 cm³/mol. The van der Waals surface area contributed by atoms with E-state index in [4.69, 9.17) is 11.5 Å². The van der Waals surface area contributed by atoms with Crippen molar-refractivity contribution in [2.45, 2.75) is 0 Å². The van der Waals surface area contributed by atoms with Crippen molar-refractivity contribution in [2.75, 3.05) is 16.8 Å². The number of benzene rings is 2. The maximum Gasteiger partial charge on any atom is 0.0786 e. The molecule has 0 amide bonds. The van der Waals surface area contributed by atoms with Gasteiger partial charge in [0.1, 0.15) is 0 Å². The van der Waals surface area contributed by atoms with E-state index in [9.17, 15) is 0 Å². The van der Waals surface area contributed by atoms with Crippen LogP contribution >= 0.6 is 24.8 Å². The topological polar surface area (TPSA) is 64.1 Å². The number of anilines is 4. The van der Waals surface area contributed by atoms with Crippen molar-refractivity contribution in [3.63, 3.8) is 0 Å². The van der Waals surface area contributed by atoms with Gasteiger partial charge in [-0.05, 0) is 24.3 Å². The van der Waals surface area contributed by atoms with E-state index in [1.807, 2.05) is 42.5 Å². The van der Waals surface area contributed by atoms with Crippen molar-refractivity contribution in [2.24, 2.45) is 0 Å². The molecule has 2 aromatic rings. The standard InChI is InChI=1S/C12H13N3.2ClH/c13-10-7-4-8-11(12(10)14)15-9-5-2-1-3-6-9;;/h1-8,15H,13-14H2;2*1H. The van der Waals surface area contributed by atoms with Crippen molar-refractivity contribution in [1.29, 1.82) is 0 Å². The lowest BCUT2D eigenvalue weighted by Crippen LogP contribution is -1.99. The van der Waals surface area contributed by atoms with E-state index in [0.29, 0.717) is 11.4 Å². The third kappa shape index (κ3) is 3.73. The van der Waals surface area contributed by atoms with E-state index in [1.165, 1.54) is 0 Å². The molecule has 0 aliphatic heterocycles. The van der Waals surface area contributed by atoms with E-state index in [1.54, 1.807) is 6.07 Å². The second-order valence-electron chi connectivity index (χ2n) is 3.30. The SMILES string of the molecule is Cl.Cl.Nc1cccc(Nc2ccccc2)c1N. The fourth-order valence-electron chi connectivity index (χ4n) is 1.37. The lowest BCUT2D eigenvalue weighted by atomic mass is 10.2. The molecule has 5 heteroatoms. The summed E-state index contributed by atoms with van der Waals surface area (Å²) in [5.74, 6) is 0. The first-order chi connectivity index (χ1) is 7.27. The Labute approximate surface area is 113 Å². The number of para-hydroxylation sites is 2. The highest BCUT2D eigenvalue weighted by Gasteiger charge is 2.01. The van der Waals surface area contributed by atoms with Gasteiger partial charge in [0.2, 0.25) is 0 Å². The summed E-state index contributed by atoms with van der Waals surface area (Å²) in [5, 5.41) is 3.21. The molecule has 0 saturated carbocycles. The number of nitrogen functional groups attached to an aromatic ring is 2. The van der Waals surface area contributed by atoms with Crippen LogP contribution in [-0.2, 0) is 0 Å². The summed E-state index contributed by atoms with van der Waals surface area (Å²) in [5.41, 5.74) is 14.6. The molecule has 0 bridgehead atoms. The van der Waals surface area contributed by atoms with Crippen LogP contribution in [0.1, 0.15) is 0 Å². The number of nitrogens with one attached hydrogen (secondary N) is 1. The molecule has 0 spiro atoms. The van der Waals surface area contributed by atoms with Gasteiger partial charge in [0.15, 0.2) is 0 Å². The van der Waals surface area contributed by atoms with Crippen LogP contribution in [0.25, 0.3) is 0 Å². The number of nitrogens with two attached hydrogens (primary N) is 2. The minimum atomic E-state index is 0. The Morgan fingerprint density at radius 1 is 0.765 bits per heavy atom. The van der Waals surface area contributed by atoms with Crippen molar-refractivity contribution in [3.8, 4) is 0 Å². The van der Waals surface area contributed by atoms with Gasteiger partial charge in [-0.1, -0.05) is 24.3 Å². The fraction of sp³-hybridized carbons (Fsp3) is 0. The van der Waals surface area contributed by atoms with Crippen LogP contribution in [0.2, 0.25) is 0 Å². The quantitative estimate of drug-likeness (QED) is 0.734. The zero-order valence-corrected chi connectivity index (χ0v) is 10.7. The zero-order valence-electron chi connectivity index (χ0n) is 9.09. The molecule has 0 saturated heterocycles. The van der Waals surface area contributed by atoms with Gasteiger partial charge in [0.05, 0.1) is 17.1 Å². The van der Waals surface area contributed by atoms with E-state index in [2.05, 4.69) is 5.32 Å². The minimum absolute atomic E-state index is 0. The molecule has 2 aromatic carbocycles. The van der Waals surface area contributed by atoms with Crippen LogP contribution in [0.5, 0.6) is 0 Å². The molecule has 0 aliphatic rings. The largest absolute Gasteiger partial charge is 0.397 e. The molecular weight excluding hydrogens is 257 g/mol. The van der Waals surface area contributed by atoms with Gasteiger partial charge in [-0.25, -0.2) is 0 Å². The average Bonchev–Trinajstić information content (AvgIpc) is 2.26. The maximum absolute atomic E-state index is 5.84. The molecule has 17 heavy (non-hydrogen) atoms. The highest BCUT2D eigenvalue weighted by Crippen LogP contribution is 2.27. The molecule has 0 atom stereocenters. The van der Waals surface area contributed by atoms with Crippen LogP contribution in [0.4, 0.5) is 22.7 Å². The molecule has 3 nitrogen and oxygen atoms in total. The van der Waals surface area contributed by atoms with Crippen LogP contribution in [-0.4, -0.2) is 0 Å². The molecule has 2 rings (SSSR count). The smallest absolute Gasteiger partial charge is 0.0786 e. The highest BCUT2D eigenvalue weighted by atomic mass is 35.5. The second kappa shape index (κ2) is 6.89. The fourth-order valence-corrected chi connectivity index (χ4v) is 1.37. The summed E-state index contributed by atoms with van der Waals surface area (Å²) in [7, 11) is 0. The Kier molecular flexibility index (Phi) is 6.25. The lowest BCUT2D eigenvalue weighted by Gasteiger charge is -2.10. The summed E-state index contributed by atoms with van der Waals surface area (Å²) in [6, 6.07) is 15.4. The minimum Gasteiger partial charge on any atom is -0.397 e. The molecule has 0 heterocycles. The molecule has 0 unspecified atom stereocenters. The Bertz CT molecular complexity index is 461. The first kappa shape index (κ1) is 15.4. The molecule has 92 valence electrons. The van der Waals surface area contributed by atoms with Crippen LogP contribution in [0.3, 0.4) is 0 Å². The van der Waals surface area contributed by atoms with Gasteiger partial charge in [0, 0.05) is 5.69 Å². The Morgan fingerprint density at radius 2 is 1.41 bits per heavy atom. The molecule has 0 aromatic heterocycles. The summed E-state index contributed by atoms with van der Waals surface area (Å²) < 4.78 is 0.